The number of nitrogens with zero attached hydrogens (tertiary/aromatic N) is 2. The summed E-state index contributed by atoms with van der Waals surface area (Å²) in [7, 11) is 1.65. The van der Waals surface area contributed by atoms with Gasteiger partial charge < -0.3 is 10.1 Å². The molecule has 5 heteroatoms. The highest BCUT2D eigenvalue weighted by Crippen LogP contribution is 2.24. The summed E-state index contributed by atoms with van der Waals surface area (Å²) in [6.07, 6.45) is 1.73. The Labute approximate surface area is 108 Å². The molecule has 4 nitrogen and oxygen atoms in total. The monoisotopic (exact) mass is 293 g/mol. The van der Waals surface area contributed by atoms with Gasteiger partial charge in [-0.1, -0.05) is 0 Å². The molecule has 1 N–H and O–H groups in total. The van der Waals surface area contributed by atoms with E-state index in [-0.39, 0.29) is 0 Å². The van der Waals surface area contributed by atoms with E-state index < -0.39 is 0 Å². The molecule has 0 aliphatic carbocycles. The van der Waals surface area contributed by atoms with Crippen LogP contribution in [-0.4, -0.2) is 17.1 Å². The Morgan fingerprint density at radius 1 is 1.24 bits per heavy atom. The quantitative estimate of drug-likeness (QED) is 0.943. The summed E-state index contributed by atoms with van der Waals surface area (Å²) in [4.78, 5) is 8.40. The molecule has 0 amide bonds. The summed E-state index contributed by atoms with van der Waals surface area (Å²) in [5.74, 6) is 2.31. The molecular formula is C12H12BrN3O. The molecule has 0 atom stereocenters. The molecule has 17 heavy (non-hydrogen) atoms. The van der Waals surface area contributed by atoms with E-state index in [0.29, 0.717) is 0 Å². The van der Waals surface area contributed by atoms with Crippen LogP contribution in [0, 0.1) is 6.92 Å². The highest BCUT2D eigenvalue weighted by Gasteiger charge is 2.03. The zero-order valence-corrected chi connectivity index (χ0v) is 11.2. The standard InChI is InChI=1S/C12H12BrN3O/c1-8-14-7-11(13)12(15-8)16-9-3-5-10(17-2)6-4-9/h3-7H,1-2H3,(H,14,15,16). The van der Waals surface area contributed by atoms with E-state index in [4.69, 9.17) is 4.74 Å². The summed E-state index contributed by atoms with van der Waals surface area (Å²) in [6.45, 7) is 1.85. The Bertz CT molecular complexity index is 514. The van der Waals surface area contributed by atoms with Crippen molar-refractivity contribution in [3.05, 3.63) is 40.8 Å². The number of rotatable bonds is 3. The van der Waals surface area contributed by atoms with E-state index in [1.165, 1.54) is 0 Å². The van der Waals surface area contributed by atoms with Crippen LogP contribution < -0.4 is 10.1 Å². The fraction of sp³-hybridized carbons (Fsp3) is 0.167. The summed E-state index contributed by atoms with van der Waals surface area (Å²) >= 11 is 3.40. The lowest BCUT2D eigenvalue weighted by atomic mass is 10.3. The van der Waals surface area contributed by atoms with Crippen molar-refractivity contribution in [2.75, 3.05) is 12.4 Å². The highest BCUT2D eigenvalue weighted by atomic mass is 79.9. The molecule has 0 saturated heterocycles. The van der Waals surface area contributed by atoms with Crippen LogP contribution in [0.15, 0.2) is 34.9 Å². The van der Waals surface area contributed by atoms with Crippen LogP contribution in [0.4, 0.5) is 11.5 Å². The number of halogens is 1. The molecule has 0 aliphatic heterocycles. The molecule has 0 unspecified atom stereocenters. The zero-order chi connectivity index (χ0) is 12.3. The molecule has 0 spiro atoms. The number of hydrogen-bond donors (Lipinski definition) is 1. The Hall–Kier alpha value is -1.62. The minimum atomic E-state index is 0.726. The molecule has 0 saturated carbocycles. The molecule has 2 rings (SSSR count). The number of ether oxygens (including phenoxy) is 1. The van der Waals surface area contributed by atoms with Crippen LogP contribution >= 0.6 is 15.9 Å². The molecule has 1 aromatic carbocycles. The van der Waals surface area contributed by atoms with Crippen LogP contribution in [-0.2, 0) is 0 Å². The topological polar surface area (TPSA) is 47.0 Å². The molecule has 0 aliphatic rings. The van der Waals surface area contributed by atoms with Gasteiger partial charge >= 0.3 is 0 Å². The van der Waals surface area contributed by atoms with Gasteiger partial charge in [0.2, 0.25) is 0 Å². The molecular weight excluding hydrogens is 282 g/mol. The van der Waals surface area contributed by atoms with Crippen molar-refractivity contribution < 1.29 is 4.74 Å². The van der Waals surface area contributed by atoms with Crippen molar-refractivity contribution in [2.45, 2.75) is 6.92 Å². The molecule has 0 fully saturated rings. The average Bonchev–Trinajstić information content (AvgIpc) is 2.35. The lowest BCUT2D eigenvalue weighted by Crippen LogP contribution is -1.98. The van der Waals surface area contributed by atoms with Gasteiger partial charge in [-0.05, 0) is 47.1 Å². The van der Waals surface area contributed by atoms with E-state index in [9.17, 15) is 0 Å². The van der Waals surface area contributed by atoms with Gasteiger partial charge in [0.15, 0.2) is 0 Å². The first-order valence-electron chi connectivity index (χ1n) is 5.09. The van der Waals surface area contributed by atoms with Crippen LogP contribution in [0.25, 0.3) is 0 Å². The zero-order valence-electron chi connectivity index (χ0n) is 9.57. The van der Waals surface area contributed by atoms with Gasteiger partial charge in [0.25, 0.3) is 0 Å². The van der Waals surface area contributed by atoms with Crippen molar-refractivity contribution >= 4 is 27.4 Å². The third-order valence-electron chi connectivity index (χ3n) is 2.22. The van der Waals surface area contributed by atoms with E-state index in [0.717, 1.165) is 27.6 Å². The highest BCUT2D eigenvalue weighted by molar-refractivity contribution is 9.10. The van der Waals surface area contributed by atoms with E-state index in [1.807, 2.05) is 31.2 Å². The first kappa shape index (κ1) is 11.9. The van der Waals surface area contributed by atoms with Crippen LogP contribution in [0.2, 0.25) is 0 Å². The predicted octanol–water partition coefficient (Wildman–Crippen LogP) is 3.30. The summed E-state index contributed by atoms with van der Waals surface area (Å²) in [5.41, 5.74) is 0.949. The molecule has 0 radical (unpaired) electrons. The van der Waals surface area contributed by atoms with E-state index in [1.54, 1.807) is 13.3 Å². The van der Waals surface area contributed by atoms with Crippen molar-refractivity contribution in [2.24, 2.45) is 0 Å². The van der Waals surface area contributed by atoms with Crippen molar-refractivity contribution in [1.29, 1.82) is 0 Å². The number of aryl methyl sites for hydroxylation is 1. The van der Waals surface area contributed by atoms with Gasteiger partial charge in [-0.25, -0.2) is 9.97 Å². The van der Waals surface area contributed by atoms with E-state index >= 15 is 0 Å². The normalized spacial score (nSPS) is 10.1. The van der Waals surface area contributed by atoms with Gasteiger partial charge in [0.05, 0.1) is 11.6 Å². The average molecular weight is 294 g/mol. The lowest BCUT2D eigenvalue weighted by molar-refractivity contribution is 0.415. The Kier molecular flexibility index (Phi) is 3.58. The molecule has 2 aromatic rings. The lowest BCUT2D eigenvalue weighted by Gasteiger charge is -2.08. The Morgan fingerprint density at radius 3 is 2.59 bits per heavy atom. The SMILES string of the molecule is COc1ccc(Nc2nc(C)ncc2Br)cc1. The number of hydrogen-bond acceptors (Lipinski definition) is 4. The second-order valence-corrected chi connectivity index (χ2v) is 4.32. The van der Waals surface area contributed by atoms with E-state index in [2.05, 4.69) is 31.2 Å². The maximum absolute atomic E-state index is 5.10. The molecule has 0 bridgehead atoms. The summed E-state index contributed by atoms with van der Waals surface area (Å²) in [5, 5.41) is 3.21. The number of benzene rings is 1. The van der Waals surface area contributed by atoms with Crippen molar-refractivity contribution in [3.8, 4) is 5.75 Å². The van der Waals surface area contributed by atoms with Crippen LogP contribution in [0.5, 0.6) is 5.75 Å². The second-order valence-electron chi connectivity index (χ2n) is 3.47. The molecule has 1 aromatic heterocycles. The van der Waals surface area contributed by atoms with Gasteiger partial charge in [0, 0.05) is 11.9 Å². The first-order valence-corrected chi connectivity index (χ1v) is 5.88. The number of nitrogens with one attached hydrogen (secondary N) is 1. The number of methoxy groups -OCH3 is 1. The third-order valence-corrected chi connectivity index (χ3v) is 2.80. The van der Waals surface area contributed by atoms with Gasteiger partial charge in [-0.3, -0.25) is 0 Å². The minimum Gasteiger partial charge on any atom is -0.497 e. The maximum Gasteiger partial charge on any atom is 0.148 e. The second kappa shape index (κ2) is 5.14. The fourth-order valence-corrected chi connectivity index (χ4v) is 1.64. The number of anilines is 2. The largest absolute Gasteiger partial charge is 0.497 e. The van der Waals surface area contributed by atoms with Gasteiger partial charge in [-0.15, -0.1) is 0 Å². The first-order chi connectivity index (χ1) is 8.19. The number of aromatic nitrogens is 2. The van der Waals surface area contributed by atoms with Crippen molar-refractivity contribution in [3.63, 3.8) is 0 Å². The van der Waals surface area contributed by atoms with Crippen LogP contribution in [0.1, 0.15) is 5.82 Å². The Morgan fingerprint density at radius 2 is 1.94 bits per heavy atom. The summed E-state index contributed by atoms with van der Waals surface area (Å²) < 4.78 is 5.93. The third kappa shape index (κ3) is 2.94. The minimum absolute atomic E-state index is 0.726. The molecule has 88 valence electrons. The predicted molar refractivity (Wildman–Crippen MR) is 70.7 cm³/mol. The molecule has 1 heterocycles. The van der Waals surface area contributed by atoms with Crippen molar-refractivity contribution in [1.82, 2.24) is 9.97 Å². The van der Waals surface area contributed by atoms with Gasteiger partial charge in [-0.2, -0.15) is 0 Å². The summed E-state index contributed by atoms with van der Waals surface area (Å²) in [6, 6.07) is 7.65. The van der Waals surface area contributed by atoms with Gasteiger partial charge in [0.1, 0.15) is 17.4 Å². The smallest absolute Gasteiger partial charge is 0.148 e. The fourth-order valence-electron chi connectivity index (χ4n) is 1.35. The maximum atomic E-state index is 5.10. The Balaban J connectivity index is 2.22. The van der Waals surface area contributed by atoms with Crippen LogP contribution in [0.3, 0.4) is 0 Å².